The Hall–Kier alpha value is -2.72. The monoisotopic (exact) mass is 332 g/mol. The van der Waals surface area contributed by atoms with E-state index in [-0.39, 0.29) is 5.24 Å². The third kappa shape index (κ3) is 2.55. The summed E-state index contributed by atoms with van der Waals surface area (Å²) < 4.78 is 0. The SMILES string of the molecule is O=C(S)N(Cc1ccccc1)c1cccc2c1[nH]c1ccccc12. The zero-order chi connectivity index (χ0) is 16.5. The second-order valence-electron chi connectivity index (χ2n) is 5.72. The minimum Gasteiger partial charge on any atom is -0.353 e. The summed E-state index contributed by atoms with van der Waals surface area (Å²) in [5.41, 5.74) is 3.92. The summed E-state index contributed by atoms with van der Waals surface area (Å²) in [6, 6.07) is 24.1. The van der Waals surface area contributed by atoms with Gasteiger partial charge < -0.3 is 4.98 Å². The minimum atomic E-state index is -0.273. The van der Waals surface area contributed by atoms with Crippen LogP contribution >= 0.6 is 12.6 Å². The van der Waals surface area contributed by atoms with Gasteiger partial charge in [-0.05, 0) is 17.7 Å². The summed E-state index contributed by atoms with van der Waals surface area (Å²) in [7, 11) is 0. The van der Waals surface area contributed by atoms with Gasteiger partial charge in [-0.15, -0.1) is 0 Å². The lowest BCUT2D eigenvalue weighted by molar-refractivity contribution is 0.265. The molecule has 4 rings (SSSR count). The number of hydrogen-bond donors (Lipinski definition) is 2. The first-order chi connectivity index (χ1) is 11.7. The Labute approximate surface area is 145 Å². The van der Waals surface area contributed by atoms with E-state index in [0.29, 0.717) is 6.54 Å². The van der Waals surface area contributed by atoms with Gasteiger partial charge >= 0.3 is 0 Å². The number of hydrogen-bond acceptors (Lipinski definition) is 1. The van der Waals surface area contributed by atoms with Crippen LogP contribution in [0.25, 0.3) is 21.8 Å². The maximum atomic E-state index is 12.2. The normalized spacial score (nSPS) is 11.0. The summed E-state index contributed by atoms with van der Waals surface area (Å²) in [5, 5.41) is 1.99. The Morgan fingerprint density at radius 3 is 2.38 bits per heavy atom. The number of nitrogens with zero attached hydrogens (tertiary/aromatic N) is 1. The van der Waals surface area contributed by atoms with Gasteiger partial charge in [-0.25, -0.2) is 0 Å². The Kier molecular flexibility index (Phi) is 3.75. The van der Waals surface area contributed by atoms with Crippen molar-refractivity contribution in [3.05, 3.63) is 78.4 Å². The molecule has 1 aromatic heterocycles. The maximum Gasteiger partial charge on any atom is 0.283 e. The Balaban J connectivity index is 1.88. The number of fused-ring (bicyclic) bond motifs is 3. The van der Waals surface area contributed by atoms with Crippen molar-refractivity contribution in [3.63, 3.8) is 0 Å². The molecule has 0 radical (unpaired) electrons. The topological polar surface area (TPSA) is 36.1 Å². The van der Waals surface area contributed by atoms with Gasteiger partial charge in [0, 0.05) is 16.3 Å². The van der Waals surface area contributed by atoms with Crippen molar-refractivity contribution in [1.29, 1.82) is 0 Å². The predicted molar refractivity (Wildman–Crippen MR) is 103 cm³/mol. The molecule has 24 heavy (non-hydrogen) atoms. The summed E-state index contributed by atoms with van der Waals surface area (Å²) in [5.74, 6) is 0. The summed E-state index contributed by atoms with van der Waals surface area (Å²) >= 11 is 4.10. The number of anilines is 1. The van der Waals surface area contributed by atoms with Crippen LogP contribution in [0.15, 0.2) is 72.8 Å². The highest BCUT2D eigenvalue weighted by molar-refractivity contribution is 7.96. The van der Waals surface area contributed by atoms with Gasteiger partial charge in [0.1, 0.15) is 0 Å². The number of carbonyl (C=O) groups is 1. The largest absolute Gasteiger partial charge is 0.353 e. The summed E-state index contributed by atoms with van der Waals surface area (Å²) in [6.07, 6.45) is 0. The lowest BCUT2D eigenvalue weighted by Gasteiger charge is -2.21. The second-order valence-corrected chi connectivity index (χ2v) is 6.11. The van der Waals surface area contributed by atoms with Gasteiger partial charge in [-0.2, -0.15) is 0 Å². The smallest absolute Gasteiger partial charge is 0.283 e. The van der Waals surface area contributed by atoms with Crippen molar-refractivity contribution in [2.24, 2.45) is 0 Å². The zero-order valence-corrected chi connectivity index (χ0v) is 13.8. The standard InChI is InChI=1S/C20H16N2OS/c23-20(24)22(13-14-7-2-1-3-8-14)18-12-6-10-16-15-9-4-5-11-17(15)21-19(16)18/h1-12,21H,13H2,(H,23,24). The predicted octanol–water partition coefficient (Wildman–Crippen LogP) is 5.38. The number of para-hydroxylation sites is 2. The van der Waals surface area contributed by atoms with E-state index in [9.17, 15) is 4.79 Å². The molecule has 0 atom stereocenters. The highest BCUT2D eigenvalue weighted by Gasteiger charge is 2.17. The second kappa shape index (κ2) is 6.06. The van der Waals surface area contributed by atoms with Crippen LogP contribution in [0.4, 0.5) is 10.5 Å². The van der Waals surface area contributed by atoms with Crippen LogP contribution in [0.3, 0.4) is 0 Å². The van der Waals surface area contributed by atoms with Gasteiger partial charge in [0.05, 0.1) is 17.7 Å². The number of aromatic amines is 1. The van der Waals surface area contributed by atoms with Crippen molar-refractivity contribution >= 4 is 45.4 Å². The number of thiol groups is 1. The molecule has 4 heteroatoms. The van der Waals surface area contributed by atoms with Crippen LogP contribution in [0.1, 0.15) is 5.56 Å². The summed E-state index contributed by atoms with van der Waals surface area (Å²) in [4.78, 5) is 17.3. The molecule has 0 fully saturated rings. The van der Waals surface area contributed by atoms with E-state index in [0.717, 1.165) is 33.1 Å². The van der Waals surface area contributed by atoms with E-state index in [4.69, 9.17) is 0 Å². The number of benzene rings is 3. The molecule has 4 aromatic rings. The van der Waals surface area contributed by atoms with Crippen LogP contribution < -0.4 is 4.90 Å². The molecule has 0 aliphatic heterocycles. The number of nitrogens with one attached hydrogen (secondary N) is 1. The third-order valence-electron chi connectivity index (χ3n) is 4.22. The first kappa shape index (κ1) is 14.8. The average Bonchev–Trinajstić information content (AvgIpc) is 2.99. The van der Waals surface area contributed by atoms with Crippen molar-refractivity contribution < 1.29 is 4.79 Å². The molecular formula is C20H16N2OS. The van der Waals surface area contributed by atoms with Crippen molar-refractivity contribution in [3.8, 4) is 0 Å². The highest BCUT2D eigenvalue weighted by atomic mass is 32.1. The van der Waals surface area contributed by atoms with Crippen LogP contribution in [0.5, 0.6) is 0 Å². The first-order valence-corrected chi connectivity index (χ1v) is 8.22. The van der Waals surface area contributed by atoms with Crippen LogP contribution in [-0.4, -0.2) is 10.2 Å². The third-order valence-corrected chi connectivity index (χ3v) is 4.47. The van der Waals surface area contributed by atoms with E-state index in [1.54, 1.807) is 4.90 Å². The minimum absolute atomic E-state index is 0.273. The lowest BCUT2D eigenvalue weighted by atomic mass is 10.1. The number of aromatic nitrogens is 1. The van der Waals surface area contributed by atoms with E-state index in [1.165, 1.54) is 0 Å². The molecule has 0 unspecified atom stereocenters. The van der Waals surface area contributed by atoms with Gasteiger partial charge in [0.25, 0.3) is 5.24 Å². The summed E-state index contributed by atoms with van der Waals surface area (Å²) in [6.45, 7) is 0.484. The van der Waals surface area contributed by atoms with Crippen molar-refractivity contribution in [2.75, 3.05) is 4.90 Å². The Bertz CT molecular complexity index is 1020. The molecule has 1 N–H and O–H groups in total. The van der Waals surface area contributed by atoms with Gasteiger partial charge in [0.15, 0.2) is 0 Å². The molecule has 0 aliphatic rings. The first-order valence-electron chi connectivity index (χ1n) is 7.78. The number of amides is 1. The van der Waals surface area contributed by atoms with Gasteiger partial charge in [-0.3, -0.25) is 9.69 Å². The molecule has 0 saturated carbocycles. The van der Waals surface area contributed by atoms with E-state index < -0.39 is 0 Å². The quantitative estimate of drug-likeness (QED) is 0.486. The van der Waals surface area contributed by atoms with Crippen molar-refractivity contribution in [1.82, 2.24) is 4.98 Å². The van der Waals surface area contributed by atoms with Crippen LogP contribution in [-0.2, 0) is 6.54 Å². The number of carbonyl (C=O) groups excluding carboxylic acids is 1. The molecule has 1 heterocycles. The van der Waals surface area contributed by atoms with Gasteiger partial charge in [-0.1, -0.05) is 73.3 Å². The molecule has 0 saturated heterocycles. The van der Waals surface area contributed by atoms with E-state index >= 15 is 0 Å². The molecule has 3 nitrogen and oxygen atoms in total. The highest BCUT2D eigenvalue weighted by Crippen LogP contribution is 2.33. The van der Waals surface area contributed by atoms with Crippen LogP contribution in [0, 0.1) is 0 Å². The fraction of sp³-hybridized carbons (Fsp3) is 0.0500. The molecule has 0 spiro atoms. The number of rotatable bonds is 3. The Morgan fingerprint density at radius 1 is 0.875 bits per heavy atom. The lowest BCUT2D eigenvalue weighted by Crippen LogP contribution is -2.25. The molecule has 3 aromatic carbocycles. The maximum absolute atomic E-state index is 12.2. The average molecular weight is 332 g/mol. The zero-order valence-electron chi connectivity index (χ0n) is 12.9. The molecule has 0 bridgehead atoms. The van der Waals surface area contributed by atoms with Gasteiger partial charge in [0.2, 0.25) is 0 Å². The molecular weight excluding hydrogens is 316 g/mol. The molecule has 1 amide bonds. The molecule has 118 valence electrons. The fourth-order valence-electron chi connectivity index (χ4n) is 3.10. The Morgan fingerprint density at radius 2 is 1.58 bits per heavy atom. The van der Waals surface area contributed by atoms with E-state index in [2.05, 4.69) is 29.7 Å². The fourth-order valence-corrected chi connectivity index (χ4v) is 3.28. The van der Waals surface area contributed by atoms with Crippen LogP contribution in [0.2, 0.25) is 0 Å². The number of H-pyrrole nitrogens is 1. The van der Waals surface area contributed by atoms with Crippen molar-refractivity contribution in [2.45, 2.75) is 6.54 Å². The van der Waals surface area contributed by atoms with E-state index in [1.807, 2.05) is 60.7 Å². The molecule has 0 aliphatic carbocycles.